The maximum absolute atomic E-state index is 3.61. The molecule has 1 nitrogen and oxygen atoms in total. The first kappa shape index (κ1) is 15.1. The van der Waals surface area contributed by atoms with Crippen LogP contribution in [-0.2, 0) is 0 Å². The van der Waals surface area contributed by atoms with Crippen LogP contribution in [0.15, 0.2) is 49.8 Å². The van der Waals surface area contributed by atoms with Crippen LogP contribution in [0.3, 0.4) is 0 Å². The summed E-state index contributed by atoms with van der Waals surface area (Å²) in [5.41, 5.74) is 3.63. The number of halogens is 3. The molecule has 100 valence electrons. The zero-order valence-corrected chi connectivity index (χ0v) is 15.4. The lowest BCUT2D eigenvalue weighted by molar-refractivity contribution is 0.876. The third-order valence-electron chi connectivity index (χ3n) is 3.00. The van der Waals surface area contributed by atoms with Gasteiger partial charge in [-0.05, 0) is 49.2 Å². The lowest BCUT2D eigenvalue weighted by atomic mass is 10.1. The zero-order valence-electron chi connectivity index (χ0n) is 10.7. The molecule has 0 heterocycles. The predicted molar refractivity (Wildman–Crippen MR) is 92.8 cm³/mol. The molecule has 2 aromatic rings. The predicted octanol–water partition coefficient (Wildman–Crippen LogP) is 6.46. The first-order valence-corrected chi connectivity index (χ1v) is 8.33. The van der Waals surface area contributed by atoms with Crippen molar-refractivity contribution in [3.63, 3.8) is 0 Å². The Morgan fingerprint density at radius 1 is 0.947 bits per heavy atom. The SMILES string of the molecule is Cc1ccc(Br)cc1NC(C)c1ccc(Br)cc1Br. The van der Waals surface area contributed by atoms with Crippen molar-refractivity contribution in [2.45, 2.75) is 19.9 Å². The average Bonchev–Trinajstić information content (AvgIpc) is 2.33. The van der Waals surface area contributed by atoms with Gasteiger partial charge in [-0.15, -0.1) is 0 Å². The van der Waals surface area contributed by atoms with Crippen LogP contribution in [0.5, 0.6) is 0 Å². The molecule has 4 heteroatoms. The smallest absolute Gasteiger partial charge is 0.0496 e. The topological polar surface area (TPSA) is 12.0 Å². The van der Waals surface area contributed by atoms with Crippen molar-refractivity contribution in [1.82, 2.24) is 0 Å². The van der Waals surface area contributed by atoms with Crippen molar-refractivity contribution in [3.05, 3.63) is 60.9 Å². The fraction of sp³-hybridized carbons (Fsp3) is 0.200. The Hall–Kier alpha value is -0.320. The van der Waals surface area contributed by atoms with Crippen molar-refractivity contribution in [3.8, 4) is 0 Å². The summed E-state index contributed by atoms with van der Waals surface area (Å²) in [6.45, 7) is 4.27. The molecule has 0 aliphatic carbocycles. The minimum atomic E-state index is 0.232. The molecule has 0 aliphatic heterocycles. The van der Waals surface area contributed by atoms with E-state index in [0.29, 0.717) is 0 Å². The largest absolute Gasteiger partial charge is 0.378 e. The van der Waals surface area contributed by atoms with Crippen LogP contribution in [0.4, 0.5) is 5.69 Å². The summed E-state index contributed by atoms with van der Waals surface area (Å²) in [6, 6.07) is 12.8. The number of hydrogen-bond donors (Lipinski definition) is 1. The Bertz CT molecular complexity index is 596. The van der Waals surface area contributed by atoms with E-state index in [0.717, 1.165) is 19.1 Å². The molecule has 1 unspecified atom stereocenters. The second kappa shape index (κ2) is 6.42. The van der Waals surface area contributed by atoms with Gasteiger partial charge in [0.15, 0.2) is 0 Å². The molecule has 0 bridgehead atoms. The summed E-state index contributed by atoms with van der Waals surface area (Å²) >= 11 is 10.6. The Morgan fingerprint density at radius 3 is 2.26 bits per heavy atom. The summed E-state index contributed by atoms with van der Waals surface area (Å²) in [5.74, 6) is 0. The van der Waals surface area contributed by atoms with Crippen molar-refractivity contribution >= 4 is 53.5 Å². The van der Waals surface area contributed by atoms with Gasteiger partial charge in [-0.2, -0.15) is 0 Å². The van der Waals surface area contributed by atoms with Crippen LogP contribution in [0, 0.1) is 6.92 Å². The van der Waals surface area contributed by atoms with Crippen LogP contribution in [0.1, 0.15) is 24.1 Å². The van der Waals surface area contributed by atoms with Crippen molar-refractivity contribution in [2.75, 3.05) is 5.32 Å². The van der Waals surface area contributed by atoms with Gasteiger partial charge < -0.3 is 5.32 Å². The number of rotatable bonds is 3. The minimum absolute atomic E-state index is 0.232. The van der Waals surface area contributed by atoms with E-state index in [1.54, 1.807) is 0 Å². The van der Waals surface area contributed by atoms with Crippen LogP contribution >= 0.6 is 47.8 Å². The molecule has 0 amide bonds. The third kappa shape index (κ3) is 3.83. The highest BCUT2D eigenvalue weighted by atomic mass is 79.9. The first-order valence-electron chi connectivity index (χ1n) is 5.95. The fourth-order valence-electron chi connectivity index (χ4n) is 1.91. The van der Waals surface area contributed by atoms with Crippen molar-refractivity contribution in [1.29, 1.82) is 0 Å². The summed E-state index contributed by atoms with van der Waals surface area (Å²) in [4.78, 5) is 0. The number of benzene rings is 2. The maximum Gasteiger partial charge on any atom is 0.0496 e. The lowest BCUT2D eigenvalue weighted by Crippen LogP contribution is -2.08. The van der Waals surface area contributed by atoms with Crippen LogP contribution in [0.25, 0.3) is 0 Å². The van der Waals surface area contributed by atoms with E-state index in [2.05, 4.69) is 103 Å². The molecule has 0 aliphatic rings. The number of anilines is 1. The monoisotopic (exact) mass is 445 g/mol. The Morgan fingerprint density at radius 2 is 1.58 bits per heavy atom. The second-order valence-corrected chi connectivity index (χ2v) is 7.18. The summed E-state index contributed by atoms with van der Waals surface area (Å²) in [5, 5.41) is 3.55. The average molecular weight is 448 g/mol. The highest BCUT2D eigenvalue weighted by Crippen LogP contribution is 2.30. The minimum Gasteiger partial charge on any atom is -0.378 e. The van der Waals surface area contributed by atoms with E-state index < -0.39 is 0 Å². The van der Waals surface area contributed by atoms with Gasteiger partial charge in [0.2, 0.25) is 0 Å². The van der Waals surface area contributed by atoms with E-state index in [4.69, 9.17) is 0 Å². The van der Waals surface area contributed by atoms with Gasteiger partial charge in [-0.3, -0.25) is 0 Å². The van der Waals surface area contributed by atoms with Crippen LogP contribution in [0.2, 0.25) is 0 Å². The molecule has 0 saturated heterocycles. The van der Waals surface area contributed by atoms with Crippen molar-refractivity contribution in [2.24, 2.45) is 0 Å². The van der Waals surface area contributed by atoms with Gasteiger partial charge in [0.1, 0.15) is 0 Å². The van der Waals surface area contributed by atoms with Crippen LogP contribution < -0.4 is 5.32 Å². The molecule has 0 aromatic heterocycles. The number of hydrogen-bond acceptors (Lipinski definition) is 1. The summed E-state index contributed by atoms with van der Waals surface area (Å²) in [7, 11) is 0. The maximum atomic E-state index is 3.61. The molecule has 0 spiro atoms. The van der Waals surface area contributed by atoms with E-state index in [1.807, 2.05) is 0 Å². The van der Waals surface area contributed by atoms with Gasteiger partial charge in [0, 0.05) is 25.1 Å². The standard InChI is InChI=1S/C15H14Br3N/c1-9-3-4-12(17)8-15(9)19-10(2)13-6-5-11(16)7-14(13)18/h3-8,10,19H,1-2H3. The van der Waals surface area contributed by atoms with Gasteiger partial charge in [0.25, 0.3) is 0 Å². The zero-order chi connectivity index (χ0) is 14.0. The highest BCUT2D eigenvalue weighted by molar-refractivity contribution is 9.11. The lowest BCUT2D eigenvalue weighted by Gasteiger charge is -2.19. The van der Waals surface area contributed by atoms with Gasteiger partial charge >= 0.3 is 0 Å². The number of nitrogens with one attached hydrogen (secondary N) is 1. The normalized spacial score (nSPS) is 12.3. The molecular formula is C15H14Br3N. The summed E-state index contributed by atoms with van der Waals surface area (Å²) in [6.07, 6.45) is 0. The summed E-state index contributed by atoms with van der Waals surface area (Å²) < 4.78 is 3.27. The number of aryl methyl sites for hydroxylation is 1. The first-order chi connectivity index (χ1) is 8.97. The van der Waals surface area contributed by atoms with E-state index in [1.165, 1.54) is 11.1 Å². The molecule has 1 N–H and O–H groups in total. The molecule has 2 rings (SSSR count). The quantitative estimate of drug-likeness (QED) is 0.569. The Balaban J connectivity index is 2.25. The molecule has 0 fully saturated rings. The van der Waals surface area contributed by atoms with Gasteiger partial charge in [0.05, 0.1) is 0 Å². The van der Waals surface area contributed by atoms with E-state index in [9.17, 15) is 0 Å². The molecular weight excluding hydrogens is 434 g/mol. The molecule has 1 atom stereocenters. The highest BCUT2D eigenvalue weighted by Gasteiger charge is 2.10. The van der Waals surface area contributed by atoms with Crippen molar-refractivity contribution < 1.29 is 0 Å². The molecule has 0 saturated carbocycles. The fourth-order valence-corrected chi connectivity index (χ4v) is 3.66. The molecule has 19 heavy (non-hydrogen) atoms. The van der Waals surface area contributed by atoms with E-state index in [-0.39, 0.29) is 6.04 Å². The molecule has 2 aromatic carbocycles. The molecule has 0 radical (unpaired) electrons. The third-order valence-corrected chi connectivity index (χ3v) is 4.67. The van der Waals surface area contributed by atoms with E-state index >= 15 is 0 Å². The van der Waals surface area contributed by atoms with Gasteiger partial charge in [-0.25, -0.2) is 0 Å². The Kier molecular flexibility index (Phi) is 5.09. The van der Waals surface area contributed by atoms with Crippen LogP contribution in [-0.4, -0.2) is 0 Å². The second-order valence-electron chi connectivity index (χ2n) is 4.49. The van der Waals surface area contributed by atoms with Gasteiger partial charge in [-0.1, -0.05) is 59.9 Å². The Labute approximate surface area is 139 Å².